The van der Waals surface area contributed by atoms with Crippen molar-refractivity contribution in [2.45, 2.75) is 65.3 Å². The first kappa shape index (κ1) is 15.1. The first-order chi connectivity index (χ1) is 9.60. The second-order valence-electron chi connectivity index (χ2n) is 5.94. The quantitative estimate of drug-likeness (QED) is 0.792. The minimum absolute atomic E-state index is 0.440. The molecule has 2 N–H and O–H groups in total. The number of hydrogen-bond donors (Lipinski definition) is 2. The highest BCUT2D eigenvalue weighted by atomic mass is 15.1. The minimum atomic E-state index is 0.440. The number of aromatic nitrogens is 2. The monoisotopic (exact) mass is 276 g/mol. The van der Waals surface area contributed by atoms with Crippen molar-refractivity contribution in [3.8, 4) is 0 Å². The number of rotatable bonds is 7. The molecule has 112 valence electrons. The molecule has 0 amide bonds. The summed E-state index contributed by atoms with van der Waals surface area (Å²) in [5.41, 5.74) is 1.12. The van der Waals surface area contributed by atoms with Crippen LogP contribution in [0.25, 0.3) is 0 Å². The molecule has 1 aliphatic rings. The third kappa shape index (κ3) is 3.22. The fourth-order valence-corrected chi connectivity index (χ4v) is 2.77. The summed E-state index contributed by atoms with van der Waals surface area (Å²) in [6.07, 6.45) is 4.85. The maximum Gasteiger partial charge on any atom is 0.136 e. The van der Waals surface area contributed by atoms with Gasteiger partial charge in [0.25, 0.3) is 0 Å². The van der Waals surface area contributed by atoms with Crippen LogP contribution >= 0.6 is 0 Å². The van der Waals surface area contributed by atoms with E-state index in [1.54, 1.807) is 0 Å². The molecule has 0 saturated heterocycles. The molecule has 1 fully saturated rings. The molecule has 4 nitrogen and oxygen atoms in total. The van der Waals surface area contributed by atoms with Crippen LogP contribution in [0.3, 0.4) is 0 Å². The Kier molecular flexibility index (Phi) is 4.84. The molecule has 0 spiro atoms. The first-order valence-electron chi connectivity index (χ1n) is 7.93. The van der Waals surface area contributed by atoms with Gasteiger partial charge in [-0.05, 0) is 32.6 Å². The Bertz CT molecular complexity index is 450. The molecule has 2 rings (SSSR count). The molecule has 1 aromatic heterocycles. The average molecular weight is 276 g/mol. The molecular formula is C16H28N4. The van der Waals surface area contributed by atoms with Gasteiger partial charge < -0.3 is 10.6 Å². The Labute approximate surface area is 122 Å². The van der Waals surface area contributed by atoms with Gasteiger partial charge >= 0.3 is 0 Å². The van der Waals surface area contributed by atoms with Gasteiger partial charge in [-0.3, -0.25) is 0 Å². The van der Waals surface area contributed by atoms with E-state index < -0.39 is 0 Å². The van der Waals surface area contributed by atoms with E-state index in [0.717, 1.165) is 23.0 Å². The lowest BCUT2D eigenvalue weighted by Gasteiger charge is -2.24. The standard InChI is InChI=1S/C16H28N4/c1-6-12(7-2)11(4)18-15-10(3)14(17-5)19-16(20-15)13-8-9-13/h11-13H,6-9H2,1-5H3,(H2,17,18,19,20). The maximum atomic E-state index is 4.77. The fourth-order valence-electron chi connectivity index (χ4n) is 2.77. The SMILES string of the molecule is CCC(CC)C(C)Nc1nc(C2CC2)nc(NC)c1C. The third-order valence-electron chi connectivity index (χ3n) is 4.46. The van der Waals surface area contributed by atoms with Crippen molar-refractivity contribution in [3.05, 3.63) is 11.4 Å². The second kappa shape index (κ2) is 6.42. The summed E-state index contributed by atoms with van der Waals surface area (Å²) >= 11 is 0. The van der Waals surface area contributed by atoms with Crippen molar-refractivity contribution in [1.29, 1.82) is 0 Å². The van der Waals surface area contributed by atoms with Gasteiger partial charge in [0.1, 0.15) is 17.5 Å². The van der Waals surface area contributed by atoms with Crippen LogP contribution in [-0.4, -0.2) is 23.1 Å². The van der Waals surface area contributed by atoms with E-state index in [1.165, 1.54) is 25.7 Å². The van der Waals surface area contributed by atoms with E-state index in [0.29, 0.717) is 17.9 Å². The molecule has 0 bridgehead atoms. The van der Waals surface area contributed by atoms with Crippen LogP contribution in [-0.2, 0) is 0 Å². The van der Waals surface area contributed by atoms with Crippen molar-refractivity contribution in [1.82, 2.24) is 9.97 Å². The van der Waals surface area contributed by atoms with Crippen molar-refractivity contribution >= 4 is 11.6 Å². The normalized spacial score (nSPS) is 16.3. The van der Waals surface area contributed by atoms with Gasteiger partial charge in [-0.25, -0.2) is 9.97 Å². The predicted molar refractivity (Wildman–Crippen MR) is 85.4 cm³/mol. The van der Waals surface area contributed by atoms with E-state index in [4.69, 9.17) is 4.98 Å². The van der Waals surface area contributed by atoms with Crippen molar-refractivity contribution < 1.29 is 0 Å². The Morgan fingerprint density at radius 3 is 2.25 bits per heavy atom. The molecule has 1 atom stereocenters. The summed E-state index contributed by atoms with van der Waals surface area (Å²) in [7, 11) is 1.93. The van der Waals surface area contributed by atoms with Crippen LogP contribution in [0.5, 0.6) is 0 Å². The fraction of sp³-hybridized carbons (Fsp3) is 0.750. The molecule has 1 aliphatic carbocycles. The van der Waals surface area contributed by atoms with Crippen LogP contribution in [0.15, 0.2) is 0 Å². The molecule has 1 unspecified atom stereocenters. The summed E-state index contributed by atoms with van der Waals surface area (Å²) in [6.45, 7) is 8.86. The molecule has 0 radical (unpaired) electrons. The lowest BCUT2D eigenvalue weighted by atomic mass is 9.95. The summed E-state index contributed by atoms with van der Waals surface area (Å²) in [4.78, 5) is 9.42. The van der Waals surface area contributed by atoms with Gasteiger partial charge in [-0.15, -0.1) is 0 Å². The van der Waals surface area contributed by atoms with Gasteiger partial charge in [0, 0.05) is 24.6 Å². The summed E-state index contributed by atoms with van der Waals surface area (Å²) in [5, 5.41) is 6.82. The van der Waals surface area contributed by atoms with E-state index in [-0.39, 0.29) is 0 Å². The smallest absolute Gasteiger partial charge is 0.136 e. The summed E-state index contributed by atoms with van der Waals surface area (Å²) in [6, 6.07) is 0.440. The highest BCUT2D eigenvalue weighted by Gasteiger charge is 2.28. The number of hydrogen-bond acceptors (Lipinski definition) is 4. The van der Waals surface area contributed by atoms with Crippen LogP contribution < -0.4 is 10.6 Å². The third-order valence-corrected chi connectivity index (χ3v) is 4.46. The van der Waals surface area contributed by atoms with Crippen molar-refractivity contribution in [2.75, 3.05) is 17.7 Å². The predicted octanol–water partition coefficient (Wildman–Crippen LogP) is 3.94. The van der Waals surface area contributed by atoms with Crippen LogP contribution in [0.4, 0.5) is 11.6 Å². The van der Waals surface area contributed by atoms with Crippen LogP contribution in [0.1, 0.15) is 63.8 Å². The van der Waals surface area contributed by atoms with E-state index in [2.05, 4.69) is 43.3 Å². The number of nitrogens with one attached hydrogen (secondary N) is 2. The zero-order valence-corrected chi connectivity index (χ0v) is 13.5. The highest BCUT2D eigenvalue weighted by Crippen LogP contribution is 2.39. The zero-order chi connectivity index (χ0) is 14.7. The Balaban J connectivity index is 2.23. The lowest BCUT2D eigenvalue weighted by molar-refractivity contribution is 0.437. The minimum Gasteiger partial charge on any atom is -0.373 e. The molecular weight excluding hydrogens is 248 g/mol. The Morgan fingerprint density at radius 1 is 1.15 bits per heavy atom. The van der Waals surface area contributed by atoms with E-state index in [1.807, 2.05) is 7.05 Å². The molecule has 0 aliphatic heterocycles. The average Bonchev–Trinajstić information content (AvgIpc) is 3.27. The largest absolute Gasteiger partial charge is 0.373 e. The van der Waals surface area contributed by atoms with Crippen LogP contribution in [0, 0.1) is 12.8 Å². The summed E-state index contributed by atoms with van der Waals surface area (Å²) in [5.74, 6) is 4.23. The van der Waals surface area contributed by atoms with Gasteiger partial charge in [0.2, 0.25) is 0 Å². The topological polar surface area (TPSA) is 49.8 Å². The van der Waals surface area contributed by atoms with Crippen molar-refractivity contribution in [3.63, 3.8) is 0 Å². The molecule has 20 heavy (non-hydrogen) atoms. The van der Waals surface area contributed by atoms with Gasteiger partial charge in [-0.2, -0.15) is 0 Å². The highest BCUT2D eigenvalue weighted by molar-refractivity contribution is 5.57. The second-order valence-corrected chi connectivity index (χ2v) is 5.94. The first-order valence-corrected chi connectivity index (χ1v) is 7.93. The summed E-state index contributed by atoms with van der Waals surface area (Å²) < 4.78 is 0. The lowest BCUT2D eigenvalue weighted by Crippen LogP contribution is -2.26. The number of anilines is 2. The molecule has 1 saturated carbocycles. The van der Waals surface area contributed by atoms with Crippen molar-refractivity contribution in [2.24, 2.45) is 5.92 Å². The van der Waals surface area contributed by atoms with E-state index >= 15 is 0 Å². The molecule has 0 aromatic carbocycles. The van der Waals surface area contributed by atoms with Crippen LogP contribution in [0.2, 0.25) is 0 Å². The zero-order valence-electron chi connectivity index (χ0n) is 13.5. The molecule has 1 aromatic rings. The van der Waals surface area contributed by atoms with E-state index in [9.17, 15) is 0 Å². The van der Waals surface area contributed by atoms with Gasteiger partial charge in [0.15, 0.2) is 0 Å². The van der Waals surface area contributed by atoms with Gasteiger partial charge in [0.05, 0.1) is 0 Å². The Hall–Kier alpha value is -1.32. The number of nitrogens with zero attached hydrogens (tertiary/aromatic N) is 2. The molecule has 1 heterocycles. The molecule has 4 heteroatoms. The van der Waals surface area contributed by atoms with Gasteiger partial charge in [-0.1, -0.05) is 26.7 Å². The Morgan fingerprint density at radius 2 is 1.75 bits per heavy atom. The maximum absolute atomic E-state index is 4.77.